The van der Waals surface area contributed by atoms with Crippen molar-refractivity contribution in [3.8, 4) is 5.75 Å². The van der Waals surface area contributed by atoms with Crippen molar-refractivity contribution in [2.75, 3.05) is 13.2 Å². The Labute approximate surface area is 214 Å². The molecule has 0 saturated carbocycles. The second-order valence-electron chi connectivity index (χ2n) is 9.16. The molecule has 36 heavy (non-hydrogen) atoms. The molecule has 0 spiro atoms. The predicted octanol–water partition coefficient (Wildman–Crippen LogP) is 6.14. The van der Waals surface area contributed by atoms with E-state index >= 15 is 0 Å². The van der Waals surface area contributed by atoms with E-state index in [1.165, 1.54) is 16.6 Å². The van der Waals surface area contributed by atoms with Crippen molar-refractivity contribution in [1.29, 1.82) is 0 Å². The number of nitrogens with zero attached hydrogens (tertiary/aromatic N) is 2. The lowest BCUT2D eigenvalue weighted by molar-refractivity contribution is -0.121. The van der Waals surface area contributed by atoms with Gasteiger partial charge in [-0.1, -0.05) is 61.5 Å². The van der Waals surface area contributed by atoms with Crippen molar-refractivity contribution >= 4 is 16.9 Å². The Kier molecular flexibility index (Phi) is 9.54. The number of unbranched alkanes of at least 4 members (excludes halogenated alkanes) is 1. The van der Waals surface area contributed by atoms with Gasteiger partial charge in [0, 0.05) is 25.9 Å². The van der Waals surface area contributed by atoms with E-state index in [0.717, 1.165) is 62.2 Å². The lowest BCUT2D eigenvalue weighted by atomic mass is 10.1. The first-order chi connectivity index (χ1) is 17.7. The van der Waals surface area contributed by atoms with Gasteiger partial charge in [-0.3, -0.25) is 4.79 Å². The Balaban J connectivity index is 1.22. The van der Waals surface area contributed by atoms with Crippen LogP contribution in [0.3, 0.4) is 0 Å². The van der Waals surface area contributed by atoms with Crippen molar-refractivity contribution in [3.05, 3.63) is 95.8 Å². The fourth-order valence-electron chi connectivity index (χ4n) is 4.41. The SMILES string of the molecule is CCc1ccc(OCCCCn2c(CCCNC(=O)CCc3ccccc3)nc3ccccc32)cc1. The van der Waals surface area contributed by atoms with Gasteiger partial charge in [0.25, 0.3) is 0 Å². The number of aromatic nitrogens is 2. The number of fused-ring (bicyclic) bond motifs is 1. The Morgan fingerprint density at radius 3 is 2.44 bits per heavy atom. The smallest absolute Gasteiger partial charge is 0.220 e. The van der Waals surface area contributed by atoms with Gasteiger partial charge in [-0.2, -0.15) is 0 Å². The highest BCUT2D eigenvalue weighted by Gasteiger charge is 2.10. The van der Waals surface area contributed by atoms with Crippen molar-refractivity contribution in [3.63, 3.8) is 0 Å². The number of carbonyl (C=O) groups excluding carboxylic acids is 1. The van der Waals surface area contributed by atoms with Crippen LogP contribution in [0.4, 0.5) is 0 Å². The van der Waals surface area contributed by atoms with E-state index in [1.54, 1.807) is 0 Å². The summed E-state index contributed by atoms with van der Waals surface area (Å²) in [5.74, 6) is 2.13. The molecular weight excluding hydrogens is 446 g/mol. The van der Waals surface area contributed by atoms with E-state index < -0.39 is 0 Å². The molecule has 0 saturated heterocycles. The Hall–Kier alpha value is -3.60. The summed E-state index contributed by atoms with van der Waals surface area (Å²) < 4.78 is 8.26. The number of hydrogen-bond donors (Lipinski definition) is 1. The van der Waals surface area contributed by atoms with Crippen molar-refractivity contribution in [2.45, 2.75) is 58.4 Å². The summed E-state index contributed by atoms with van der Waals surface area (Å²) in [5.41, 5.74) is 4.73. The van der Waals surface area contributed by atoms with Crippen LogP contribution in [-0.2, 0) is 30.6 Å². The molecule has 0 bridgehead atoms. The first-order valence-corrected chi connectivity index (χ1v) is 13.2. The summed E-state index contributed by atoms with van der Waals surface area (Å²) in [6.45, 7) is 4.45. The molecule has 1 aromatic heterocycles. The number of imidazole rings is 1. The average Bonchev–Trinajstić information content (AvgIpc) is 3.28. The number of benzene rings is 3. The van der Waals surface area contributed by atoms with Crippen molar-refractivity contribution in [1.82, 2.24) is 14.9 Å². The topological polar surface area (TPSA) is 56.1 Å². The number of ether oxygens (including phenoxy) is 1. The van der Waals surface area contributed by atoms with E-state index in [-0.39, 0.29) is 5.91 Å². The molecule has 0 unspecified atom stereocenters. The zero-order valence-electron chi connectivity index (χ0n) is 21.3. The maximum Gasteiger partial charge on any atom is 0.220 e. The van der Waals surface area contributed by atoms with Gasteiger partial charge < -0.3 is 14.6 Å². The zero-order chi connectivity index (χ0) is 25.0. The molecule has 0 atom stereocenters. The molecule has 0 aliphatic rings. The molecule has 0 aliphatic carbocycles. The van der Waals surface area contributed by atoms with Crippen LogP contribution in [0.15, 0.2) is 78.9 Å². The minimum absolute atomic E-state index is 0.108. The standard InChI is InChI=1S/C31H37N3O2/c1-2-25-16-19-27(20-17-25)36-24-9-8-23-34-29-14-7-6-13-28(29)33-30(34)15-10-22-32-31(35)21-18-26-11-4-3-5-12-26/h3-7,11-14,16-17,19-20H,2,8-10,15,18,21-24H2,1H3,(H,32,35). The fourth-order valence-corrected chi connectivity index (χ4v) is 4.41. The molecule has 1 N–H and O–H groups in total. The van der Waals surface area contributed by atoms with Gasteiger partial charge in [0.05, 0.1) is 17.6 Å². The molecule has 1 amide bonds. The number of nitrogens with one attached hydrogen (secondary N) is 1. The van der Waals surface area contributed by atoms with E-state index in [0.29, 0.717) is 19.6 Å². The molecule has 0 aliphatic heterocycles. The number of hydrogen-bond acceptors (Lipinski definition) is 3. The normalized spacial score (nSPS) is 11.0. The van der Waals surface area contributed by atoms with Gasteiger partial charge in [-0.05, 0) is 67.5 Å². The zero-order valence-corrected chi connectivity index (χ0v) is 21.3. The van der Waals surface area contributed by atoms with Crippen LogP contribution in [-0.4, -0.2) is 28.6 Å². The van der Waals surface area contributed by atoms with Crippen LogP contribution >= 0.6 is 0 Å². The molecule has 0 radical (unpaired) electrons. The third kappa shape index (κ3) is 7.45. The molecule has 3 aromatic carbocycles. The molecule has 1 heterocycles. The van der Waals surface area contributed by atoms with Crippen LogP contribution in [0.25, 0.3) is 11.0 Å². The minimum atomic E-state index is 0.108. The number of para-hydroxylation sites is 2. The number of aryl methyl sites for hydroxylation is 4. The Bertz CT molecular complexity index is 1220. The molecule has 188 valence electrons. The van der Waals surface area contributed by atoms with E-state index in [2.05, 4.69) is 71.4 Å². The second kappa shape index (κ2) is 13.5. The summed E-state index contributed by atoms with van der Waals surface area (Å²) in [6.07, 6.45) is 6.06. The van der Waals surface area contributed by atoms with Gasteiger partial charge in [-0.15, -0.1) is 0 Å². The largest absolute Gasteiger partial charge is 0.494 e. The van der Waals surface area contributed by atoms with Crippen LogP contribution in [0.2, 0.25) is 0 Å². The van der Waals surface area contributed by atoms with Gasteiger partial charge in [0.15, 0.2) is 0 Å². The quantitative estimate of drug-likeness (QED) is 0.219. The Morgan fingerprint density at radius 1 is 0.861 bits per heavy atom. The third-order valence-corrected chi connectivity index (χ3v) is 6.49. The monoisotopic (exact) mass is 483 g/mol. The number of rotatable bonds is 14. The molecule has 4 rings (SSSR count). The highest BCUT2D eigenvalue weighted by molar-refractivity contribution is 5.76. The number of carbonyl (C=O) groups is 1. The van der Waals surface area contributed by atoms with E-state index in [4.69, 9.17) is 9.72 Å². The summed E-state index contributed by atoms with van der Waals surface area (Å²) in [7, 11) is 0. The third-order valence-electron chi connectivity index (χ3n) is 6.49. The maximum absolute atomic E-state index is 12.2. The summed E-state index contributed by atoms with van der Waals surface area (Å²) in [4.78, 5) is 17.1. The molecule has 5 heteroatoms. The van der Waals surface area contributed by atoms with Gasteiger partial charge in [0.1, 0.15) is 11.6 Å². The highest BCUT2D eigenvalue weighted by Crippen LogP contribution is 2.19. The fraction of sp³-hybridized carbons (Fsp3) is 0.355. The molecule has 5 nitrogen and oxygen atoms in total. The van der Waals surface area contributed by atoms with Gasteiger partial charge in [0.2, 0.25) is 5.91 Å². The summed E-state index contributed by atoms with van der Waals surface area (Å²) in [5, 5.41) is 3.07. The molecule has 0 fully saturated rings. The van der Waals surface area contributed by atoms with Crippen LogP contribution in [0.1, 0.15) is 49.6 Å². The molecule has 4 aromatic rings. The Morgan fingerprint density at radius 2 is 1.64 bits per heavy atom. The lowest BCUT2D eigenvalue weighted by Gasteiger charge is -2.11. The average molecular weight is 484 g/mol. The predicted molar refractivity (Wildman–Crippen MR) is 146 cm³/mol. The maximum atomic E-state index is 12.2. The van der Waals surface area contributed by atoms with Gasteiger partial charge >= 0.3 is 0 Å². The van der Waals surface area contributed by atoms with Crippen molar-refractivity contribution < 1.29 is 9.53 Å². The summed E-state index contributed by atoms with van der Waals surface area (Å²) >= 11 is 0. The van der Waals surface area contributed by atoms with Gasteiger partial charge in [-0.25, -0.2) is 4.98 Å². The molecular formula is C31H37N3O2. The van der Waals surface area contributed by atoms with Crippen molar-refractivity contribution in [2.24, 2.45) is 0 Å². The first-order valence-electron chi connectivity index (χ1n) is 13.2. The van der Waals surface area contributed by atoms with Crippen LogP contribution in [0.5, 0.6) is 5.75 Å². The lowest BCUT2D eigenvalue weighted by Crippen LogP contribution is -2.25. The second-order valence-corrected chi connectivity index (χ2v) is 9.16. The van der Waals surface area contributed by atoms with Crippen LogP contribution < -0.4 is 10.1 Å². The van der Waals surface area contributed by atoms with E-state index in [9.17, 15) is 4.79 Å². The number of amides is 1. The highest BCUT2D eigenvalue weighted by atomic mass is 16.5. The van der Waals surface area contributed by atoms with E-state index in [1.807, 2.05) is 24.3 Å². The minimum Gasteiger partial charge on any atom is -0.494 e. The summed E-state index contributed by atoms with van der Waals surface area (Å²) in [6, 6.07) is 26.8. The first kappa shape index (κ1) is 25.5. The van der Waals surface area contributed by atoms with Crippen LogP contribution in [0, 0.1) is 0 Å².